The number of benzene rings is 1. The molecule has 0 heterocycles. The molecule has 1 aromatic carbocycles. The Bertz CT molecular complexity index is 548. The predicted molar refractivity (Wildman–Crippen MR) is 71.9 cm³/mol. The topological polar surface area (TPSA) is 89.3 Å². The van der Waals surface area contributed by atoms with E-state index >= 15 is 0 Å². The van der Waals surface area contributed by atoms with Crippen molar-refractivity contribution in [2.24, 2.45) is 11.1 Å². The zero-order valence-corrected chi connectivity index (χ0v) is 11.4. The average Bonchev–Trinajstić information content (AvgIpc) is 2.26. The molecule has 0 spiro atoms. The number of primary sulfonamides is 1. The van der Waals surface area contributed by atoms with Crippen LogP contribution in [-0.2, 0) is 21.2 Å². The van der Waals surface area contributed by atoms with Gasteiger partial charge in [-0.25, -0.2) is 13.6 Å². The van der Waals surface area contributed by atoms with Crippen LogP contribution >= 0.6 is 0 Å². The van der Waals surface area contributed by atoms with Gasteiger partial charge in [-0.3, -0.25) is 4.79 Å². The summed E-state index contributed by atoms with van der Waals surface area (Å²) in [5.41, 5.74) is 0.973. The summed E-state index contributed by atoms with van der Waals surface area (Å²) in [5.74, 6) is 0.331. The largest absolute Gasteiger partial charge is 0.356 e. The maximum Gasteiger partial charge on any atom is 0.238 e. The highest BCUT2D eigenvalue weighted by Crippen LogP contribution is 2.26. The first kappa shape index (κ1) is 14.0. The molecule has 2 rings (SSSR count). The molecule has 1 saturated carbocycles. The van der Waals surface area contributed by atoms with E-state index in [9.17, 15) is 13.2 Å². The first-order valence-corrected chi connectivity index (χ1v) is 7.91. The number of hydrogen-bond donors (Lipinski definition) is 2. The molecule has 0 atom stereocenters. The molecule has 1 aliphatic carbocycles. The minimum absolute atomic E-state index is 0.106. The molecule has 3 N–H and O–H groups in total. The molecule has 19 heavy (non-hydrogen) atoms. The van der Waals surface area contributed by atoms with Gasteiger partial charge in [-0.1, -0.05) is 18.6 Å². The number of rotatable bonds is 5. The number of hydrogen-bond acceptors (Lipinski definition) is 3. The Morgan fingerprint density at radius 2 is 1.89 bits per heavy atom. The van der Waals surface area contributed by atoms with E-state index < -0.39 is 10.0 Å². The molecule has 5 nitrogen and oxygen atoms in total. The van der Waals surface area contributed by atoms with E-state index in [1.807, 2.05) is 0 Å². The van der Waals surface area contributed by atoms with Gasteiger partial charge >= 0.3 is 0 Å². The molecule has 6 heteroatoms. The van der Waals surface area contributed by atoms with Crippen LogP contribution in [0.25, 0.3) is 0 Å². The standard InChI is InChI=1S/C13H18N2O3S/c14-19(17,18)12-6-4-10(5-7-12)8-9-15-13(16)11-2-1-3-11/h4-7,11H,1-3,8-9H2,(H,15,16)(H2,14,17,18). The molecule has 0 unspecified atom stereocenters. The Hall–Kier alpha value is -1.40. The summed E-state index contributed by atoms with van der Waals surface area (Å²) >= 11 is 0. The number of sulfonamides is 1. The highest BCUT2D eigenvalue weighted by Gasteiger charge is 2.24. The lowest BCUT2D eigenvalue weighted by Gasteiger charge is -2.24. The van der Waals surface area contributed by atoms with Crippen molar-refractivity contribution >= 4 is 15.9 Å². The van der Waals surface area contributed by atoms with Crippen molar-refractivity contribution in [2.75, 3.05) is 6.54 Å². The second-order valence-corrected chi connectivity index (χ2v) is 6.42. The second kappa shape index (κ2) is 5.71. The molecule has 0 bridgehead atoms. The fourth-order valence-corrected chi connectivity index (χ4v) is 2.51. The fraction of sp³-hybridized carbons (Fsp3) is 0.462. The van der Waals surface area contributed by atoms with Crippen LogP contribution in [0.3, 0.4) is 0 Å². The maximum absolute atomic E-state index is 11.6. The third-order valence-corrected chi connectivity index (χ3v) is 4.37. The van der Waals surface area contributed by atoms with Crippen LogP contribution in [0.5, 0.6) is 0 Å². The Morgan fingerprint density at radius 3 is 2.37 bits per heavy atom. The van der Waals surface area contributed by atoms with Crippen LogP contribution in [0, 0.1) is 5.92 Å². The number of nitrogens with two attached hydrogens (primary N) is 1. The Morgan fingerprint density at radius 1 is 1.26 bits per heavy atom. The second-order valence-electron chi connectivity index (χ2n) is 4.86. The molecular formula is C13H18N2O3S. The van der Waals surface area contributed by atoms with E-state index in [1.165, 1.54) is 12.1 Å². The predicted octanol–water partition coefficient (Wildman–Crippen LogP) is 0.793. The van der Waals surface area contributed by atoms with Gasteiger partial charge in [0, 0.05) is 12.5 Å². The molecule has 1 amide bonds. The van der Waals surface area contributed by atoms with Crippen LogP contribution < -0.4 is 10.5 Å². The Kier molecular flexibility index (Phi) is 4.21. The highest BCUT2D eigenvalue weighted by molar-refractivity contribution is 7.89. The first-order valence-electron chi connectivity index (χ1n) is 6.36. The van der Waals surface area contributed by atoms with Gasteiger partial charge < -0.3 is 5.32 Å². The monoisotopic (exact) mass is 282 g/mol. The normalized spacial score (nSPS) is 15.8. The smallest absolute Gasteiger partial charge is 0.238 e. The summed E-state index contributed by atoms with van der Waals surface area (Å²) in [5, 5.41) is 7.91. The van der Waals surface area contributed by atoms with Crippen molar-refractivity contribution in [3.63, 3.8) is 0 Å². The molecule has 1 aliphatic rings. The summed E-state index contributed by atoms with van der Waals surface area (Å²) in [4.78, 5) is 11.7. The van der Waals surface area contributed by atoms with Crippen molar-refractivity contribution in [3.8, 4) is 0 Å². The van der Waals surface area contributed by atoms with E-state index in [-0.39, 0.29) is 16.7 Å². The van der Waals surface area contributed by atoms with Gasteiger partial charge in [-0.05, 0) is 37.0 Å². The number of carbonyl (C=O) groups is 1. The first-order chi connectivity index (χ1) is 8.97. The quantitative estimate of drug-likeness (QED) is 0.837. The van der Waals surface area contributed by atoms with E-state index in [4.69, 9.17) is 5.14 Å². The lowest BCUT2D eigenvalue weighted by molar-refractivity contribution is -0.127. The van der Waals surface area contributed by atoms with Crippen LogP contribution in [0.15, 0.2) is 29.2 Å². The fourth-order valence-electron chi connectivity index (χ4n) is 1.99. The Labute approximate surface area is 113 Å². The van der Waals surface area contributed by atoms with Crippen molar-refractivity contribution in [3.05, 3.63) is 29.8 Å². The minimum Gasteiger partial charge on any atom is -0.356 e. The third kappa shape index (κ3) is 3.78. The van der Waals surface area contributed by atoms with Crippen LogP contribution in [-0.4, -0.2) is 20.9 Å². The van der Waals surface area contributed by atoms with Gasteiger partial charge in [0.2, 0.25) is 15.9 Å². The van der Waals surface area contributed by atoms with Crippen LogP contribution in [0.4, 0.5) is 0 Å². The van der Waals surface area contributed by atoms with Crippen molar-refractivity contribution in [1.29, 1.82) is 0 Å². The minimum atomic E-state index is -3.63. The van der Waals surface area contributed by atoms with E-state index in [1.54, 1.807) is 12.1 Å². The molecule has 0 saturated heterocycles. The van der Waals surface area contributed by atoms with Gasteiger partial charge in [-0.2, -0.15) is 0 Å². The summed E-state index contributed by atoms with van der Waals surface area (Å²) in [6, 6.07) is 6.40. The molecule has 104 valence electrons. The molecular weight excluding hydrogens is 264 g/mol. The molecule has 1 fully saturated rings. The van der Waals surface area contributed by atoms with Gasteiger partial charge in [0.1, 0.15) is 0 Å². The molecule has 0 aliphatic heterocycles. The molecule has 1 aromatic rings. The van der Waals surface area contributed by atoms with E-state index in [2.05, 4.69) is 5.32 Å². The number of amides is 1. The maximum atomic E-state index is 11.6. The van der Waals surface area contributed by atoms with Gasteiger partial charge in [0.25, 0.3) is 0 Å². The van der Waals surface area contributed by atoms with Crippen molar-refractivity contribution in [2.45, 2.75) is 30.6 Å². The van der Waals surface area contributed by atoms with Crippen molar-refractivity contribution < 1.29 is 13.2 Å². The lowest BCUT2D eigenvalue weighted by Crippen LogP contribution is -2.35. The van der Waals surface area contributed by atoms with Crippen molar-refractivity contribution in [1.82, 2.24) is 5.32 Å². The van der Waals surface area contributed by atoms with E-state index in [0.717, 1.165) is 24.8 Å². The summed E-state index contributed by atoms with van der Waals surface area (Å²) in [7, 11) is -3.63. The van der Waals surface area contributed by atoms with Crippen LogP contribution in [0.1, 0.15) is 24.8 Å². The Balaban J connectivity index is 1.81. The van der Waals surface area contributed by atoms with Crippen LogP contribution in [0.2, 0.25) is 0 Å². The third-order valence-electron chi connectivity index (χ3n) is 3.44. The van der Waals surface area contributed by atoms with E-state index in [0.29, 0.717) is 13.0 Å². The summed E-state index contributed by atoms with van der Waals surface area (Å²) in [6.07, 6.45) is 3.82. The zero-order chi connectivity index (χ0) is 13.9. The number of nitrogens with one attached hydrogen (secondary N) is 1. The molecule has 0 aromatic heterocycles. The average molecular weight is 282 g/mol. The zero-order valence-electron chi connectivity index (χ0n) is 10.6. The molecule has 0 radical (unpaired) electrons. The highest BCUT2D eigenvalue weighted by atomic mass is 32.2. The SMILES string of the molecule is NS(=O)(=O)c1ccc(CCNC(=O)C2CCC2)cc1. The van der Waals surface area contributed by atoms with Gasteiger partial charge in [0.05, 0.1) is 4.90 Å². The summed E-state index contributed by atoms with van der Waals surface area (Å²) < 4.78 is 22.2. The van der Waals surface area contributed by atoms with Gasteiger partial charge in [-0.15, -0.1) is 0 Å². The lowest BCUT2D eigenvalue weighted by atomic mass is 9.85. The van der Waals surface area contributed by atoms with Gasteiger partial charge in [0.15, 0.2) is 0 Å². The number of carbonyl (C=O) groups excluding carboxylic acids is 1. The summed E-state index contributed by atoms with van der Waals surface area (Å²) in [6.45, 7) is 0.573.